The fourth-order valence-corrected chi connectivity index (χ4v) is 4.74. The van der Waals surface area contributed by atoms with E-state index in [-0.39, 0.29) is 30.2 Å². The highest BCUT2D eigenvalue weighted by atomic mass is 35.5. The lowest BCUT2D eigenvalue weighted by Gasteiger charge is -2.50. The molecule has 0 radical (unpaired) electrons. The molecule has 1 saturated carbocycles. The minimum absolute atomic E-state index is 0.0147. The second-order valence-electron chi connectivity index (χ2n) is 8.55. The number of phenolic OH excluding ortho intramolecular Hbond substituents is 1. The molecule has 1 aliphatic carbocycles. The Hall–Kier alpha value is -2.25. The van der Waals surface area contributed by atoms with E-state index in [0.717, 1.165) is 38.0 Å². The van der Waals surface area contributed by atoms with E-state index in [0.29, 0.717) is 35.8 Å². The molecule has 3 aliphatic rings. The molecule has 3 fully saturated rings. The monoisotopic (exact) mass is 432 g/mol. The number of piperazine rings is 1. The maximum atomic E-state index is 12.7. The molecule has 1 aromatic rings. The standard InChI is InChI=1S/C22H29ClN4O3/c1-3-21(29)26-12-16(13-26)27-7-6-25(11-14(27)2)22(30)10-24-19-8-17(15-4-5-15)18(23)9-20(19)28/h3,8-9,14-16,24,28H,1,4-7,10-13H2,2H3. The third kappa shape index (κ3) is 4.27. The summed E-state index contributed by atoms with van der Waals surface area (Å²) in [4.78, 5) is 30.4. The molecule has 4 rings (SSSR count). The highest BCUT2D eigenvalue weighted by Gasteiger charge is 2.38. The van der Waals surface area contributed by atoms with Crippen LogP contribution in [0.4, 0.5) is 5.69 Å². The largest absolute Gasteiger partial charge is 0.506 e. The molecular formula is C22H29ClN4O3. The average Bonchev–Trinajstić information content (AvgIpc) is 3.52. The number of nitrogens with one attached hydrogen (secondary N) is 1. The molecule has 0 aromatic heterocycles. The normalized spacial score (nSPS) is 22.5. The molecule has 7 nitrogen and oxygen atoms in total. The minimum Gasteiger partial charge on any atom is -0.506 e. The van der Waals surface area contributed by atoms with Crippen LogP contribution in [0.2, 0.25) is 5.02 Å². The van der Waals surface area contributed by atoms with Crippen molar-refractivity contribution in [1.29, 1.82) is 0 Å². The fraction of sp³-hybridized carbons (Fsp3) is 0.545. The van der Waals surface area contributed by atoms with Crippen molar-refractivity contribution >= 4 is 29.1 Å². The maximum absolute atomic E-state index is 12.7. The summed E-state index contributed by atoms with van der Waals surface area (Å²) in [5.74, 6) is 0.529. The van der Waals surface area contributed by atoms with Crippen molar-refractivity contribution in [1.82, 2.24) is 14.7 Å². The van der Waals surface area contributed by atoms with E-state index in [1.807, 2.05) is 11.0 Å². The predicted molar refractivity (Wildman–Crippen MR) is 117 cm³/mol. The molecule has 1 unspecified atom stereocenters. The van der Waals surface area contributed by atoms with Crippen LogP contribution in [-0.4, -0.2) is 83.0 Å². The Labute approximate surface area is 182 Å². The zero-order valence-electron chi connectivity index (χ0n) is 17.3. The number of benzene rings is 1. The van der Waals surface area contributed by atoms with E-state index in [1.54, 1.807) is 11.0 Å². The van der Waals surface area contributed by atoms with Gasteiger partial charge in [-0.15, -0.1) is 0 Å². The molecular weight excluding hydrogens is 404 g/mol. The molecule has 2 N–H and O–H groups in total. The lowest BCUT2D eigenvalue weighted by molar-refractivity contribution is -0.138. The minimum atomic E-state index is -0.0194. The van der Waals surface area contributed by atoms with Gasteiger partial charge in [0.1, 0.15) is 5.75 Å². The van der Waals surface area contributed by atoms with Crippen molar-refractivity contribution in [2.75, 3.05) is 44.6 Å². The van der Waals surface area contributed by atoms with E-state index in [4.69, 9.17) is 11.6 Å². The highest BCUT2D eigenvalue weighted by molar-refractivity contribution is 6.31. The Kier molecular flexibility index (Phi) is 5.93. The Morgan fingerprint density at radius 2 is 1.97 bits per heavy atom. The number of carbonyl (C=O) groups excluding carboxylic acids is 2. The molecule has 30 heavy (non-hydrogen) atoms. The van der Waals surface area contributed by atoms with E-state index >= 15 is 0 Å². The number of aromatic hydroxyl groups is 1. The molecule has 2 saturated heterocycles. The molecule has 1 atom stereocenters. The van der Waals surface area contributed by atoms with Gasteiger partial charge in [-0.25, -0.2) is 0 Å². The van der Waals surface area contributed by atoms with Gasteiger partial charge >= 0.3 is 0 Å². The van der Waals surface area contributed by atoms with E-state index in [1.165, 1.54) is 6.08 Å². The van der Waals surface area contributed by atoms with Crippen LogP contribution in [0.15, 0.2) is 24.8 Å². The van der Waals surface area contributed by atoms with Gasteiger partial charge in [0, 0.05) is 55.9 Å². The molecule has 2 amide bonds. The first-order valence-electron chi connectivity index (χ1n) is 10.6. The Morgan fingerprint density at radius 1 is 1.23 bits per heavy atom. The predicted octanol–water partition coefficient (Wildman–Crippen LogP) is 2.26. The number of phenols is 1. The number of amides is 2. The van der Waals surface area contributed by atoms with E-state index < -0.39 is 0 Å². The molecule has 0 spiro atoms. The van der Waals surface area contributed by atoms with E-state index in [2.05, 4.69) is 23.7 Å². The number of anilines is 1. The molecule has 8 heteroatoms. The van der Waals surface area contributed by atoms with Crippen LogP contribution in [0, 0.1) is 0 Å². The number of carbonyl (C=O) groups is 2. The second kappa shape index (κ2) is 8.47. The van der Waals surface area contributed by atoms with Crippen molar-refractivity contribution in [2.45, 2.75) is 37.8 Å². The SMILES string of the molecule is C=CC(=O)N1CC(N2CCN(C(=O)CNc3cc(C4CC4)c(Cl)cc3O)CC2C)C1. The molecule has 2 heterocycles. The van der Waals surface area contributed by atoms with Gasteiger partial charge in [0.15, 0.2) is 0 Å². The van der Waals surface area contributed by atoms with Crippen molar-refractivity contribution in [3.63, 3.8) is 0 Å². The summed E-state index contributed by atoms with van der Waals surface area (Å²) in [6, 6.07) is 4.02. The molecule has 162 valence electrons. The number of halogens is 1. The lowest BCUT2D eigenvalue weighted by Crippen LogP contribution is -2.66. The van der Waals surface area contributed by atoms with Crippen LogP contribution >= 0.6 is 11.6 Å². The summed E-state index contributed by atoms with van der Waals surface area (Å²) in [5.41, 5.74) is 1.60. The summed E-state index contributed by atoms with van der Waals surface area (Å²) in [6.45, 7) is 9.36. The zero-order valence-corrected chi connectivity index (χ0v) is 18.1. The molecule has 1 aromatic carbocycles. The maximum Gasteiger partial charge on any atom is 0.246 e. The summed E-state index contributed by atoms with van der Waals surface area (Å²) >= 11 is 6.23. The number of nitrogens with zero attached hydrogens (tertiary/aromatic N) is 3. The quantitative estimate of drug-likeness (QED) is 0.532. The average molecular weight is 433 g/mol. The first-order chi connectivity index (χ1) is 14.4. The summed E-state index contributed by atoms with van der Waals surface area (Å²) in [6.07, 6.45) is 3.59. The van der Waals surface area contributed by atoms with Crippen LogP contribution < -0.4 is 5.32 Å². The Morgan fingerprint density at radius 3 is 2.60 bits per heavy atom. The van der Waals surface area contributed by atoms with Crippen molar-refractivity contribution in [2.24, 2.45) is 0 Å². The smallest absolute Gasteiger partial charge is 0.246 e. The van der Waals surface area contributed by atoms with Gasteiger partial charge in [-0.05, 0) is 43.4 Å². The zero-order chi connectivity index (χ0) is 21.4. The molecule has 2 aliphatic heterocycles. The summed E-state index contributed by atoms with van der Waals surface area (Å²) < 4.78 is 0. The van der Waals surface area contributed by atoms with Gasteiger partial charge in [0.25, 0.3) is 0 Å². The first kappa shape index (κ1) is 21.0. The Bertz CT molecular complexity index is 851. The van der Waals surface area contributed by atoms with E-state index in [9.17, 15) is 14.7 Å². The lowest BCUT2D eigenvalue weighted by atomic mass is 10.0. The van der Waals surface area contributed by atoms with Crippen LogP contribution in [0.25, 0.3) is 0 Å². The number of hydrogen-bond donors (Lipinski definition) is 2. The van der Waals surface area contributed by atoms with Gasteiger partial charge < -0.3 is 20.2 Å². The van der Waals surface area contributed by atoms with Crippen molar-refractivity contribution in [3.8, 4) is 5.75 Å². The third-order valence-electron chi connectivity index (χ3n) is 6.41. The van der Waals surface area contributed by atoms with Crippen molar-refractivity contribution < 1.29 is 14.7 Å². The van der Waals surface area contributed by atoms with Crippen LogP contribution in [0.5, 0.6) is 5.75 Å². The van der Waals surface area contributed by atoms with Gasteiger partial charge in [-0.3, -0.25) is 14.5 Å². The highest BCUT2D eigenvalue weighted by Crippen LogP contribution is 2.45. The summed E-state index contributed by atoms with van der Waals surface area (Å²) in [5, 5.41) is 13.9. The Balaban J connectivity index is 1.28. The van der Waals surface area contributed by atoms with Gasteiger partial charge in [-0.1, -0.05) is 18.2 Å². The van der Waals surface area contributed by atoms with Crippen LogP contribution in [0.3, 0.4) is 0 Å². The number of rotatable bonds is 6. The molecule has 0 bridgehead atoms. The van der Waals surface area contributed by atoms with Crippen molar-refractivity contribution in [3.05, 3.63) is 35.4 Å². The fourth-order valence-electron chi connectivity index (χ4n) is 4.43. The first-order valence-corrected chi connectivity index (χ1v) is 11.0. The summed E-state index contributed by atoms with van der Waals surface area (Å²) in [7, 11) is 0. The third-order valence-corrected chi connectivity index (χ3v) is 6.74. The van der Waals surface area contributed by atoms with Gasteiger partial charge in [-0.2, -0.15) is 0 Å². The number of hydrogen-bond acceptors (Lipinski definition) is 5. The van der Waals surface area contributed by atoms with Crippen LogP contribution in [-0.2, 0) is 9.59 Å². The van der Waals surface area contributed by atoms with Crippen LogP contribution in [0.1, 0.15) is 31.2 Å². The van der Waals surface area contributed by atoms with Gasteiger partial charge in [0.05, 0.1) is 12.2 Å². The number of likely N-dealkylation sites (tertiary alicyclic amines) is 1. The van der Waals surface area contributed by atoms with Gasteiger partial charge in [0.2, 0.25) is 11.8 Å². The topological polar surface area (TPSA) is 76.1 Å². The second-order valence-corrected chi connectivity index (χ2v) is 8.95.